The largest absolute Gasteiger partial charge is 0.394 e. The van der Waals surface area contributed by atoms with Crippen molar-refractivity contribution in [3.05, 3.63) is 28.8 Å². The first-order valence-electron chi connectivity index (χ1n) is 5.84. The van der Waals surface area contributed by atoms with Crippen LogP contribution in [0, 0.1) is 0 Å². The van der Waals surface area contributed by atoms with Gasteiger partial charge in [-0.15, -0.1) is 0 Å². The predicted octanol–water partition coefficient (Wildman–Crippen LogP) is -0.811. The number of hydrogen-bond donors (Lipinski definition) is 4. The van der Waals surface area contributed by atoms with Gasteiger partial charge in [-0.3, -0.25) is 4.79 Å². The van der Waals surface area contributed by atoms with E-state index in [1.807, 2.05) is 0 Å². The Morgan fingerprint density at radius 1 is 1.24 bits per heavy atom. The molecule has 1 aromatic carbocycles. The van der Waals surface area contributed by atoms with Gasteiger partial charge in [0.25, 0.3) is 5.91 Å². The highest BCUT2D eigenvalue weighted by molar-refractivity contribution is 7.90. The second-order valence-corrected chi connectivity index (χ2v) is 7.02. The van der Waals surface area contributed by atoms with Crippen molar-refractivity contribution in [2.24, 2.45) is 0 Å². The van der Waals surface area contributed by atoms with Crippen LogP contribution in [0.2, 0.25) is 5.02 Å². The maximum atomic E-state index is 12.0. The second-order valence-electron chi connectivity index (χ2n) is 4.63. The number of sulfone groups is 1. The third kappa shape index (κ3) is 4.14. The van der Waals surface area contributed by atoms with Gasteiger partial charge in [0.1, 0.15) is 5.54 Å². The lowest BCUT2D eigenvalue weighted by atomic mass is 10.0. The van der Waals surface area contributed by atoms with Crippen molar-refractivity contribution in [2.45, 2.75) is 10.4 Å². The number of amides is 1. The van der Waals surface area contributed by atoms with Gasteiger partial charge in [-0.1, -0.05) is 11.6 Å². The van der Waals surface area contributed by atoms with Crippen molar-refractivity contribution in [2.75, 3.05) is 26.1 Å². The molecule has 0 saturated heterocycles. The molecule has 1 aromatic rings. The molecule has 1 amide bonds. The molecule has 21 heavy (non-hydrogen) atoms. The van der Waals surface area contributed by atoms with Crippen molar-refractivity contribution in [3.63, 3.8) is 0 Å². The summed E-state index contributed by atoms with van der Waals surface area (Å²) in [7, 11) is -3.61. The average Bonchev–Trinajstić information content (AvgIpc) is 2.44. The minimum atomic E-state index is -3.61. The molecule has 7 nitrogen and oxygen atoms in total. The summed E-state index contributed by atoms with van der Waals surface area (Å²) < 4.78 is 23.1. The summed E-state index contributed by atoms with van der Waals surface area (Å²) in [5, 5.41) is 29.7. The molecular formula is C12H16ClNO6S. The number of rotatable bonds is 6. The SMILES string of the molecule is CS(=O)(=O)c1cc(C(=O)NC(CO)(CO)CO)ccc1Cl. The van der Waals surface area contributed by atoms with Crippen molar-refractivity contribution < 1.29 is 28.5 Å². The van der Waals surface area contributed by atoms with Crippen LogP contribution < -0.4 is 5.32 Å². The summed E-state index contributed by atoms with van der Waals surface area (Å²) >= 11 is 5.77. The zero-order valence-electron chi connectivity index (χ0n) is 11.2. The molecule has 0 saturated carbocycles. The molecule has 9 heteroatoms. The number of benzene rings is 1. The summed E-state index contributed by atoms with van der Waals surface area (Å²) in [5.74, 6) is -0.756. The van der Waals surface area contributed by atoms with Crippen LogP contribution in [0.4, 0.5) is 0 Å². The molecule has 0 aromatic heterocycles. The zero-order valence-corrected chi connectivity index (χ0v) is 12.8. The Hall–Kier alpha value is -1.19. The topological polar surface area (TPSA) is 124 Å². The third-order valence-corrected chi connectivity index (χ3v) is 4.46. The number of nitrogens with one attached hydrogen (secondary N) is 1. The lowest BCUT2D eigenvalue weighted by Crippen LogP contribution is -2.57. The molecule has 0 aliphatic rings. The molecule has 0 heterocycles. The van der Waals surface area contributed by atoms with E-state index >= 15 is 0 Å². The van der Waals surface area contributed by atoms with Gasteiger partial charge in [-0.05, 0) is 18.2 Å². The van der Waals surface area contributed by atoms with E-state index in [-0.39, 0.29) is 15.5 Å². The van der Waals surface area contributed by atoms with Crippen LogP contribution in [0.25, 0.3) is 0 Å². The van der Waals surface area contributed by atoms with Crippen LogP contribution in [0.15, 0.2) is 23.1 Å². The van der Waals surface area contributed by atoms with Crippen molar-refractivity contribution >= 4 is 27.3 Å². The quantitative estimate of drug-likeness (QED) is 0.538. The molecule has 0 fully saturated rings. The van der Waals surface area contributed by atoms with Gasteiger partial charge >= 0.3 is 0 Å². The average molecular weight is 338 g/mol. The van der Waals surface area contributed by atoms with E-state index in [0.717, 1.165) is 12.3 Å². The second kappa shape index (κ2) is 6.71. The maximum Gasteiger partial charge on any atom is 0.251 e. The van der Waals surface area contributed by atoms with Crippen LogP contribution in [0.1, 0.15) is 10.4 Å². The van der Waals surface area contributed by atoms with Gasteiger partial charge < -0.3 is 20.6 Å². The van der Waals surface area contributed by atoms with E-state index in [2.05, 4.69) is 5.32 Å². The first-order chi connectivity index (χ1) is 9.69. The number of hydrogen-bond acceptors (Lipinski definition) is 6. The fraction of sp³-hybridized carbons (Fsp3) is 0.417. The van der Waals surface area contributed by atoms with Crippen LogP contribution >= 0.6 is 11.6 Å². The van der Waals surface area contributed by atoms with E-state index in [1.54, 1.807) is 0 Å². The summed E-state index contributed by atoms with van der Waals surface area (Å²) in [6, 6.07) is 3.64. The zero-order chi connectivity index (χ0) is 16.3. The Kier molecular flexibility index (Phi) is 5.71. The van der Waals surface area contributed by atoms with E-state index in [0.29, 0.717) is 0 Å². The Morgan fingerprint density at radius 2 is 1.76 bits per heavy atom. The summed E-state index contributed by atoms with van der Waals surface area (Å²) in [6.45, 7) is -2.05. The van der Waals surface area contributed by atoms with Crippen LogP contribution in [-0.2, 0) is 9.84 Å². The summed E-state index contributed by atoms with van der Waals surface area (Å²) in [4.78, 5) is 11.8. The highest BCUT2D eigenvalue weighted by Crippen LogP contribution is 2.22. The molecule has 1 rings (SSSR count). The van der Waals surface area contributed by atoms with Gasteiger partial charge in [0.05, 0.1) is 29.7 Å². The van der Waals surface area contributed by atoms with Crippen LogP contribution in [0.5, 0.6) is 0 Å². The molecule has 0 bridgehead atoms. The van der Waals surface area contributed by atoms with Crippen LogP contribution in [0.3, 0.4) is 0 Å². The van der Waals surface area contributed by atoms with Crippen molar-refractivity contribution in [1.29, 1.82) is 0 Å². The number of halogens is 1. The maximum absolute atomic E-state index is 12.0. The molecule has 4 N–H and O–H groups in total. The Bertz CT molecular complexity index is 618. The van der Waals surface area contributed by atoms with Gasteiger partial charge in [0, 0.05) is 11.8 Å². The number of carbonyl (C=O) groups excluding carboxylic acids is 1. The molecular weight excluding hydrogens is 322 g/mol. The Morgan fingerprint density at radius 3 is 2.19 bits per heavy atom. The van der Waals surface area contributed by atoms with E-state index in [4.69, 9.17) is 26.9 Å². The molecule has 118 valence electrons. The minimum Gasteiger partial charge on any atom is -0.394 e. The first kappa shape index (κ1) is 17.9. The van der Waals surface area contributed by atoms with Gasteiger partial charge in [-0.25, -0.2) is 8.42 Å². The summed E-state index contributed by atoms with van der Waals surface area (Å²) in [5.41, 5.74) is -1.62. The standard InChI is InChI=1S/C12H16ClNO6S/c1-21(19,20)10-4-8(2-3-9(10)13)11(18)14-12(5-15,6-16)7-17/h2-4,15-17H,5-7H2,1H3,(H,14,18). The van der Waals surface area contributed by atoms with Gasteiger partial charge in [0.15, 0.2) is 9.84 Å². The molecule has 0 spiro atoms. The van der Waals surface area contributed by atoms with Gasteiger partial charge in [-0.2, -0.15) is 0 Å². The molecule has 0 aliphatic carbocycles. The fourth-order valence-corrected chi connectivity index (χ4v) is 2.81. The number of aliphatic hydroxyl groups excluding tert-OH is 3. The lowest BCUT2D eigenvalue weighted by molar-refractivity contribution is 0.0375. The van der Waals surface area contributed by atoms with E-state index in [1.165, 1.54) is 12.1 Å². The fourth-order valence-electron chi connectivity index (χ4n) is 1.51. The first-order valence-corrected chi connectivity index (χ1v) is 8.11. The number of carbonyl (C=O) groups is 1. The predicted molar refractivity (Wildman–Crippen MR) is 76.0 cm³/mol. The molecule has 0 aliphatic heterocycles. The molecule has 0 unspecified atom stereocenters. The highest BCUT2D eigenvalue weighted by Gasteiger charge is 2.30. The van der Waals surface area contributed by atoms with Crippen LogP contribution in [-0.4, -0.2) is 61.3 Å². The Labute approximate surface area is 127 Å². The van der Waals surface area contributed by atoms with E-state index < -0.39 is 41.1 Å². The minimum absolute atomic E-state index is 0.0215. The van der Waals surface area contributed by atoms with E-state index in [9.17, 15) is 13.2 Å². The normalized spacial score (nSPS) is 12.2. The van der Waals surface area contributed by atoms with Crippen molar-refractivity contribution in [1.82, 2.24) is 5.32 Å². The molecule has 0 radical (unpaired) electrons. The third-order valence-electron chi connectivity index (χ3n) is 2.88. The monoisotopic (exact) mass is 337 g/mol. The molecule has 0 atom stereocenters. The highest BCUT2D eigenvalue weighted by atomic mass is 35.5. The van der Waals surface area contributed by atoms with Crippen molar-refractivity contribution in [3.8, 4) is 0 Å². The Balaban J connectivity index is 3.15. The van der Waals surface area contributed by atoms with Gasteiger partial charge in [0.2, 0.25) is 0 Å². The lowest BCUT2D eigenvalue weighted by Gasteiger charge is -2.28. The summed E-state index contributed by atoms with van der Waals surface area (Å²) in [6.07, 6.45) is 0.954. The number of aliphatic hydroxyl groups is 3. The smallest absolute Gasteiger partial charge is 0.251 e.